The lowest BCUT2D eigenvalue weighted by Gasteiger charge is -2.30. The van der Waals surface area contributed by atoms with Gasteiger partial charge < -0.3 is 29.4 Å². The monoisotopic (exact) mass is 1860 g/mol. The van der Waals surface area contributed by atoms with Crippen molar-refractivity contribution in [2.24, 2.45) is 0 Å². The van der Waals surface area contributed by atoms with Gasteiger partial charge in [-0.05, 0) is 338 Å². The van der Waals surface area contributed by atoms with E-state index in [1.165, 1.54) is 141 Å². The van der Waals surface area contributed by atoms with Gasteiger partial charge in [0, 0.05) is 102 Å². The second-order valence-corrected chi connectivity index (χ2v) is 37.1. The average molecular weight is 1860 g/mol. The summed E-state index contributed by atoms with van der Waals surface area (Å²) in [5.41, 5.74) is 24.9. The molecule has 0 unspecified atom stereocenters. The van der Waals surface area contributed by atoms with Gasteiger partial charge in [-0.15, -0.1) is 0 Å². The van der Waals surface area contributed by atoms with Crippen molar-refractivity contribution >= 4 is 210 Å². The van der Waals surface area contributed by atoms with Gasteiger partial charge in [0.25, 0.3) is 0 Å². The molecule has 0 aromatic heterocycles. The van der Waals surface area contributed by atoms with Crippen molar-refractivity contribution in [2.75, 3.05) is 29.4 Å². The molecule has 0 aliphatic rings. The van der Waals surface area contributed by atoms with Crippen molar-refractivity contribution in [2.45, 2.75) is 0 Å². The van der Waals surface area contributed by atoms with E-state index in [1.54, 1.807) is 0 Å². The first kappa shape index (κ1) is 88.1. The first-order valence-electron chi connectivity index (χ1n) is 50.0. The minimum atomic E-state index is 1.04. The topological polar surface area (TPSA) is 19.4 Å². The minimum absolute atomic E-state index is 1.04. The summed E-state index contributed by atoms with van der Waals surface area (Å²) in [5, 5.41) is 25.1. The zero-order valence-electron chi connectivity index (χ0n) is 80.3. The first-order chi connectivity index (χ1) is 72.4. The highest BCUT2D eigenvalue weighted by Crippen LogP contribution is 2.52. The smallest absolute Gasteiger partial charge is 0.0540 e. The van der Waals surface area contributed by atoms with Crippen LogP contribution in [-0.4, -0.2) is 0 Å². The minimum Gasteiger partial charge on any atom is -0.310 e. The molecule has 27 aromatic rings. The van der Waals surface area contributed by atoms with Crippen LogP contribution in [0.15, 0.2) is 595 Å². The molecular formula is C140H98N6. The number of hydrogen-bond acceptors (Lipinski definition) is 6. The molecule has 27 rings (SSSR count). The number of para-hydroxylation sites is 7. The third-order valence-electron chi connectivity index (χ3n) is 28.3. The van der Waals surface area contributed by atoms with Crippen molar-refractivity contribution in [3.8, 4) is 22.3 Å². The molecule has 0 fully saturated rings. The van der Waals surface area contributed by atoms with Crippen LogP contribution >= 0.6 is 0 Å². The second kappa shape index (κ2) is 39.4. The van der Waals surface area contributed by atoms with Gasteiger partial charge in [0.05, 0.1) is 11.4 Å². The van der Waals surface area contributed by atoms with Crippen LogP contribution in [0.2, 0.25) is 0 Å². The Bertz CT molecular complexity index is 8540. The highest BCUT2D eigenvalue weighted by Gasteiger charge is 2.26. The number of fused-ring (bicyclic) bond motifs is 7. The molecule has 0 saturated heterocycles. The molecule has 0 spiro atoms. The largest absolute Gasteiger partial charge is 0.310 e. The van der Waals surface area contributed by atoms with E-state index in [2.05, 4.69) is 624 Å². The standard InChI is InChI=1S/C66H48N4.C40H28N2.C34H22/c1-4-22-55(23-5-1)68(64-31-28-49-16-10-13-19-52(49)46-64)61-40-34-58(35-41-61)67(59-36-42-62(43-37-59)69(56-24-6-2-7-25-56)65-32-29-50-17-11-14-20-53(50)47-65)60-38-44-63(45-39-60)70(57-26-8-3-9-27-57)66-33-30-51-18-12-15-21-54(51)48-66;1-5-13-31(14-6-1)41(32-15-7-2-8-16-32)37-27-23-29-22-26-36-38(28-24-30-21-25-35(37)39(29)40(30)36)42(33-17-9-3-10-18-33)34-19-11-4-12-20-34;1-3-11-25-21-27(19-17-23(25)9-1)33-29-13-5-7-15-31(29)34(32-16-8-6-14-30(32)33)28-20-18-24-10-2-4-12-26(24)22-28/h1-48H;1-28H;1-22H. The van der Waals surface area contributed by atoms with Gasteiger partial charge in [-0.2, -0.15) is 0 Å². The molecule has 0 saturated carbocycles. The fourth-order valence-electron chi connectivity index (χ4n) is 21.5. The van der Waals surface area contributed by atoms with E-state index < -0.39 is 0 Å². The van der Waals surface area contributed by atoms with Gasteiger partial charge in [-0.1, -0.05) is 376 Å². The fraction of sp³-hybridized carbons (Fsp3) is 0. The molecule has 0 N–H and O–H groups in total. The Morgan fingerprint density at radius 2 is 0.267 bits per heavy atom. The normalized spacial score (nSPS) is 11.3. The van der Waals surface area contributed by atoms with Crippen LogP contribution in [-0.2, 0) is 0 Å². The van der Waals surface area contributed by atoms with Crippen molar-refractivity contribution in [1.29, 1.82) is 0 Å². The Balaban J connectivity index is 0.000000124. The Morgan fingerprint density at radius 1 is 0.0959 bits per heavy atom. The maximum atomic E-state index is 2.37. The zero-order chi connectivity index (χ0) is 97.0. The third-order valence-corrected chi connectivity index (χ3v) is 28.3. The van der Waals surface area contributed by atoms with Gasteiger partial charge in [-0.3, -0.25) is 0 Å². The third kappa shape index (κ3) is 17.2. The molecule has 0 aliphatic heterocycles. The van der Waals surface area contributed by atoms with Gasteiger partial charge in [0.2, 0.25) is 0 Å². The molecule has 6 nitrogen and oxygen atoms in total. The molecule has 6 heteroatoms. The number of anilines is 18. The summed E-state index contributed by atoms with van der Waals surface area (Å²) in [7, 11) is 0. The molecule has 0 aliphatic carbocycles. The predicted molar refractivity (Wildman–Crippen MR) is 625 cm³/mol. The molecule has 0 radical (unpaired) electrons. The van der Waals surface area contributed by atoms with Crippen molar-refractivity contribution in [3.05, 3.63) is 595 Å². The highest BCUT2D eigenvalue weighted by molar-refractivity contribution is 6.29. The molecule has 146 heavy (non-hydrogen) atoms. The van der Waals surface area contributed by atoms with E-state index in [9.17, 15) is 0 Å². The van der Waals surface area contributed by atoms with Gasteiger partial charge in [0.1, 0.15) is 0 Å². The van der Waals surface area contributed by atoms with Crippen molar-refractivity contribution < 1.29 is 0 Å². The van der Waals surface area contributed by atoms with E-state index in [-0.39, 0.29) is 0 Å². The highest BCUT2D eigenvalue weighted by atomic mass is 15.2. The summed E-state index contributed by atoms with van der Waals surface area (Å²) in [6.45, 7) is 0. The molecule has 0 atom stereocenters. The van der Waals surface area contributed by atoms with Gasteiger partial charge in [0.15, 0.2) is 0 Å². The maximum Gasteiger partial charge on any atom is 0.0540 e. The summed E-state index contributed by atoms with van der Waals surface area (Å²) in [6, 6.07) is 214. The average Bonchev–Trinajstić information content (AvgIpc) is 0.726. The van der Waals surface area contributed by atoms with E-state index in [0.717, 1.165) is 91.0 Å². The van der Waals surface area contributed by atoms with Crippen molar-refractivity contribution in [3.63, 3.8) is 0 Å². The Labute approximate surface area is 850 Å². The maximum absolute atomic E-state index is 2.37. The van der Waals surface area contributed by atoms with Crippen LogP contribution in [0.25, 0.3) is 130 Å². The molecule has 688 valence electrons. The first-order valence-corrected chi connectivity index (χ1v) is 50.0. The molecule has 0 amide bonds. The predicted octanol–water partition coefficient (Wildman–Crippen LogP) is 40.2. The van der Waals surface area contributed by atoms with Crippen LogP contribution < -0.4 is 29.4 Å². The number of benzene rings is 27. The Morgan fingerprint density at radius 3 is 0.514 bits per heavy atom. The van der Waals surface area contributed by atoms with Crippen LogP contribution in [0.1, 0.15) is 0 Å². The summed E-state index contributed by atoms with van der Waals surface area (Å²) in [5.74, 6) is 0. The summed E-state index contributed by atoms with van der Waals surface area (Å²) >= 11 is 0. The van der Waals surface area contributed by atoms with Gasteiger partial charge >= 0.3 is 0 Å². The summed E-state index contributed by atoms with van der Waals surface area (Å²) in [4.78, 5) is 14.1. The van der Waals surface area contributed by atoms with E-state index >= 15 is 0 Å². The molecule has 0 heterocycles. The Kier molecular flexibility index (Phi) is 23.7. The fourth-order valence-corrected chi connectivity index (χ4v) is 21.5. The van der Waals surface area contributed by atoms with Gasteiger partial charge in [-0.25, -0.2) is 0 Å². The van der Waals surface area contributed by atoms with E-state index in [1.807, 2.05) is 0 Å². The van der Waals surface area contributed by atoms with Crippen molar-refractivity contribution in [1.82, 2.24) is 0 Å². The number of hydrogen-bond donors (Lipinski definition) is 0. The summed E-state index contributed by atoms with van der Waals surface area (Å²) in [6.07, 6.45) is 0. The summed E-state index contributed by atoms with van der Waals surface area (Å²) < 4.78 is 0. The lowest BCUT2D eigenvalue weighted by molar-refractivity contribution is 1.24. The Hall–Kier alpha value is -19.4. The van der Waals surface area contributed by atoms with Crippen LogP contribution in [0.4, 0.5) is 102 Å². The quantitative estimate of drug-likeness (QED) is 0.0556. The lowest BCUT2D eigenvalue weighted by atomic mass is 9.85. The lowest BCUT2D eigenvalue weighted by Crippen LogP contribution is -2.14. The van der Waals surface area contributed by atoms with E-state index in [0.29, 0.717) is 0 Å². The number of rotatable bonds is 20. The second-order valence-electron chi connectivity index (χ2n) is 37.1. The molecule has 0 bridgehead atoms. The van der Waals surface area contributed by atoms with E-state index in [4.69, 9.17) is 0 Å². The SMILES string of the molecule is c1ccc(N(c2ccc(N(c3ccc(N(c4ccccc4)c4ccc5ccccc5c4)cc3)c3ccc(N(c4ccccc4)c4ccc5ccccc5c4)cc3)cc2)c2ccc3ccccc3c2)cc1.c1ccc(N(c2ccccc2)c2ccc3ccc4c(N(c5ccccc5)c5ccccc5)ccc5ccc2c3c54)cc1.c1ccc2cc(-c3c4ccccc4c(-c4ccc5ccccc5c4)c4ccccc34)ccc2c1. The van der Waals surface area contributed by atoms with Crippen LogP contribution in [0.3, 0.4) is 0 Å². The van der Waals surface area contributed by atoms with Crippen LogP contribution in [0, 0.1) is 0 Å². The van der Waals surface area contributed by atoms with Crippen LogP contribution in [0.5, 0.6) is 0 Å². The zero-order valence-corrected chi connectivity index (χ0v) is 80.3. The number of nitrogens with zero attached hydrogens (tertiary/aromatic N) is 6. The molecular weight excluding hydrogens is 1770 g/mol. The molecule has 27 aromatic carbocycles.